The largest absolute Gasteiger partial charge is 0.508 e. The summed E-state index contributed by atoms with van der Waals surface area (Å²) in [6.07, 6.45) is 5.29. The van der Waals surface area contributed by atoms with Crippen molar-refractivity contribution in [2.75, 3.05) is 0 Å². The van der Waals surface area contributed by atoms with Gasteiger partial charge in [-0.25, -0.2) is 0 Å². The van der Waals surface area contributed by atoms with E-state index in [1.165, 1.54) is 6.92 Å². The zero-order chi connectivity index (χ0) is 14.1. The van der Waals surface area contributed by atoms with Gasteiger partial charge in [-0.05, 0) is 49.3 Å². The quantitative estimate of drug-likeness (QED) is 0.920. The first-order valence-corrected chi connectivity index (χ1v) is 6.38. The Labute approximate surface area is 116 Å². The molecule has 4 heteroatoms. The van der Waals surface area contributed by atoms with Gasteiger partial charge in [-0.2, -0.15) is 0 Å². The number of allylic oxidation sites excluding steroid dienone is 3. The lowest BCUT2D eigenvalue weighted by Crippen LogP contribution is -2.15. The fourth-order valence-electron chi connectivity index (χ4n) is 2.59. The van der Waals surface area contributed by atoms with Crippen LogP contribution in [0.5, 0.6) is 0 Å². The molecule has 2 aromatic heterocycles. The molecule has 0 spiro atoms. The van der Waals surface area contributed by atoms with Crippen molar-refractivity contribution in [3.8, 4) is 0 Å². The summed E-state index contributed by atoms with van der Waals surface area (Å²) in [5.74, 6) is 0.900. The number of aliphatic hydroxyl groups is 1. The van der Waals surface area contributed by atoms with Crippen molar-refractivity contribution in [1.82, 2.24) is 0 Å². The summed E-state index contributed by atoms with van der Waals surface area (Å²) in [6, 6.07) is 7.21. The van der Waals surface area contributed by atoms with Crippen LogP contribution in [0.1, 0.15) is 30.8 Å². The van der Waals surface area contributed by atoms with Crippen molar-refractivity contribution >= 4 is 11.4 Å². The Morgan fingerprint density at radius 1 is 1.25 bits per heavy atom. The summed E-state index contributed by atoms with van der Waals surface area (Å²) in [5.41, 5.74) is 1.23. The van der Waals surface area contributed by atoms with E-state index in [4.69, 9.17) is 8.83 Å². The van der Waals surface area contributed by atoms with Crippen LogP contribution in [0.15, 0.2) is 63.0 Å². The highest BCUT2D eigenvalue weighted by molar-refractivity contribution is 5.97. The number of aliphatic hydroxyl groups excluding tert-OH is 1. The molecule has 2 aromatic rings. The van der Waals surface area contributed by atoms with Crippen molar-refractivity contribution in [3.05, 3.63) is 65.7 Å². The number of hydrogen-bond donors (Lipinski definition) is 1. The van der Waals surface area contributed by atoms with Crippen LogP contribution in [-0.4, -0.2) is 10.9 Å². The molecule has 0 saturated heterocycles. The molecule has 0 bridgehead atoms. The van der Waals surface area contributed by atoms with Crippen molar-refractivity contribution in [2.24, 2.45) is 0 Å². The van der Waals surface area contributed by atoms with Crippen LogP contribution in [0.25, 0.3) is 5.57 Å². The van der Waals surface area contributed by atoms with Crippen LogP contribution < -0.4 is 0 Å². The highest BCUT2D eigenvalue weighted by Gasteiger charge is 2.31. The van der Waals surface area contributed by atoms with Crippen LogP contribution in [0.2, 0.25) is 0 Å². The van der Waals surface area contributed by atoms with Crippen molar-refractivity contribution in [3.63, 3.8) is 0 Å². The van der Waals surface area contributed by atoms with Crippen LogP contribution in [0.4, 0.5) is 0 Å². The molecule has 2 heterocycles. The summed E-state index contributed by atoms with van der Waals surface area (Å²) >= 11 is 0. The van der Waals surface area contributed by atoms with Gasteiger partial charge in [0.25, 0.3) is 0 Å². The Morgan fingerprint density at radius 2 is 2.00 bits per heavy atom. The summed E-state index contributed by atoms with van der Waals surface area (Å²) in [4.78, 5) is 11.8. The number of carbonyl (C=O) groups is 1. The maximum Gasteiger partial charge on any atom is 0.160 e. The van der Waals surface area contributed by atoms with Gasteiger partial charge in [-0.15, -0.1) is 0 Å². The summed E-state index contributed by atoms with van der Waals surface area (Å²) in [6.45, 7) is 1.45. The van der Waals surface area contributed by atoms with Crippen molar-refractivity contribution in [1.29, 1.82) is 0 Å². The average molecular weight is 270 g/mol. The van der Waals surface area contributed by atoms with Gasteiger partial charge in [0.05, 0.1) is 18.4 Å². The van der Waals surface area contributed by atoms with Crippen LogP contribution >= 0.6 is 0 Å². The lowest BCUT2D eigenvalue weighted by Gasteiger charge is -2.22. The zero-order valence-electron chi connectivity index (χ0n) is 11.0. The van der Waals surface area contributed by atoms with E-state index in [2.05, 4.69) is 0 Å². The molecule has 0 radical (unpaired) electrons. The normalized spacial score (nSPS) is 19.1. The molecule has 20 heavy (non-hydrogen) atoms. The van der Waals surface area contributed by atoms with Crippen molar-refractivity contribution < 1.29 is 18.7 Å². The van der Waals surface area contributed by atoms with Crippen molar-refractivity contribution in [2.45, 2.75) is 19.3 Å². The van der Waals surface area contributed by atoms with E-state index in [1.54, 1.807) is 30.7 Å². The summed E-state index contributed by atoms with van der Waals surface area (Å²) < 4.78 is 10.8. The molecular formula is C16H14O4. The molecule has 0 aliphatic heterocycles. The van der Waals surface area contributed by atoms with E-state index in [9.17, 15) is 9.90 Å². The maximum atomic E-state index is 11.8. The third kappa shape index (κ3) is 2.09. The van der Waals surface area contributed by atoms with Gasteiger partial charge in [0, 0.05) is 5.57 Å². The van der Waals surface area contributed by atoms with Crippen LogP contribution in [0, 0.1) is 0 Å². The van der Waals surface area contributed by atoms with Gasteiger partial charge >= 0.3 is 0 Å². The minimum atomic E-state index is -0.285. The van der Waals surface area contributed by atoms with Crippen LogP contribution in [-0.2, 0) is 4.79 Å². The van der Waals surface area contributed by atoms with Gasteiger partial charge in [0.2, 0.25) is 0 Å². The fourth-order valence-corrected chi connectivity index (χ4v) is 2.59. The summed E-state index contributed by atoms with van der Waals surface area (Å²) in [7, 11) is 0. The van der Waals surface area contributed by atoms with Gasteiger partial charge < -0.3 is 13.9 Å². The topological polar surface area (TPSA) is 63.6 Å². The van der Waals surface area contributed by atoms with E-state index in [0.717, 1.165) is 5.57 Å². The Kier molecular flexibility index (Phi) is 3.06. The minimum absolute atomic E-state index is 0.0171. The molecule has 102 valence electrons. The lowest BCUT2D eigenvalue weighted by atomic mass is 9.82. The monoisotopic (exact) mass is 270 g/mol. The smallest absolute Gasteiger partial charge is 0.160 e. The van der Waals surface area contributed by atoms with Gasteiger partial charge in [0.1, 0.15) is 17.3 Å². The highest BCUT2D eigenvalue weighted by atomic mass is 16.3. The van der Waals surface area contributed by atoms with E-state index < -0.39 is 0 Å². The average Bonchev–Trinajstić information content (AvgIpc) is 3.11. The first kappa shape index (κ1) is 12.5. The Balaban J connectivity index is 2.08. The number of ketones is 1. The molecule has 1 aliphatic rings. The molecule has 4 nitrogen and oxygen atoms in total. The first-order chi connectivity index (χ1) is 9.66. The Morgan fingerprint density at radius 3 is 2.60 bits per heavy atom. The molecule has 3 rings (SSSR count). The van der Waals surface area contributed by atoms with Crippen LogP contribution in [0.3, 0.4) is 0 Å². The Hall–Kier alpha value is -2.49. The second-order valence-electron chi connectivity index (χ2n) is 4.77. The van der Waals surface area contributed by atoms with Gasteiger partial charge in [-0.3, -0.25) is 4.79 Å². The van der Waals surface area contributed by atoms with E-state index in [-0.39, 0.29) is 17.5 Å². The predicted molar refractivity (Wildman–Crippen MR) is 73.1 cm³/mol. The van der Waals surface area contributed by atoms with E-state index in [1.807, 2.05) is 12.1 Å². The third-order valence-electron chi connectivity index (χ3n) is 3.46. The highest BCUT2D eigenvalue weighted by Crippen LogP contribution is 2.40. The predicted octanol–water partition coefficient (Wildman–Crippen LogP) is 3.84. The molecule has 1 aliphatic carbocycles. The number of carbonyl (C=O) groups excluding carboxylic acids is 1. The summed E-state index contributed by atoms with van der Waals surface area (Å²) in [5, 5.41) is 10.2. The first-order valence-electron chi connectivity index (χ1n) is 6.38. The molecule has 0 aromatic carbocycles. The number of Topliss-reactive ketones (excluding diaryl/α,β-unsaturated/α-hetero) is 1. The molecule has 0 unspecified atom stereocenters. The molecule has 1 N–H and O–H groups in total. The minimum Gasteiger partial charge on any atom is -0.508 e. The second-order valence-corrected chi connectivity index (χ2v) is 4.77. The molecular weight excluding hydrogens is 256 g/mol. The zero-order valence-corrected chi connectivity index (χ0v) is 11.0. The third-order valence-corrected chi connectivity index (χ3v) is 3.46. The second kappa shape index (κ2) is 4.89. The molecule has 1 atom stereocenters. The lowest BCUT2D eigenvalue weighted by molar-refractivity contribution is -0.114. The molecule has 0 saturated carbocycles. The number of rotatable bonds is 3. The maximum absolute atomic E-state index is 11.8. The fraction of sp³-hybridized carbons (Fsp3) is 0.188. The molecule has 0 amide bonds. The number of hydrogen-bond acceptors (Lipinski definition) is 4. The van der Waals surface area contributed by atoms with Gasteiger partial charge in [0.15, 0.2) is 5.78 Å². The standard InChI is InChI=1S/C16H14O4/c1-10(17)16-12(15-5-3-7-20-15)8-11(9-13(16)18)14-4-2-6-19-14/h2-7,9,12,18H,8H2,1H3/t12-/m1/s1. The van der Waals surface area contributed by atoms with Gasteiger partial charge in [-0.1, -0.05) is 0 Å². The Bertz CT molecular complexity index is 672. The van der Waals surface area contributed by atoms with E-state index in [0.29, 0.717) is 23.5 Å². The van der Waals surface area contributed by atoms with E-state index >= 15 is 0 Å². The number of furan rings is 2. The SMILES string of the molecule is CC(=O)C1=C(O)C=C(c2ccco2)C[C@@H]1c1ccco1. The molecule has 0 fully saturated rings.